The molecule has 1 aromatic carbocycles. The van der Waals surface area contributed by atoms with E-state index in [0.717, 1.165) is 25.9 Å². The molecule has 1 saturated heterocycles. The molecule has 0 atom stereocenters. The molecule has 0 bridgehead atoms. The molecule has 2 N–H and O–H groups in total. The summed E-state index contributed by atoms with van der Waals surface area (Å²) in [5, 5.41) is 17.4. The van der Waals surface area contributed by atoms with Crippen molar-refractivity contribution in [3.63, 3.8) is 0 Å². The Hall–Kier alpha value is -1.41. The van der Waals surface area contributed by atoms with Crippen LogP contribution < -0.4 is 10.6 Å². The first-order valence-electron chi connectivity index (χ1n) is 7.39. The van der Waals surface area contributed by atoms with Gasteiger partial charge >= 0.3 is 0 Å². The lowest BCUT2D eigenvalue weighted by Crippen LogP contribution is -2.47. The lowest BCUT2D eigenvalue weighted by molar-refractivity contribution is -0.385. The van der Waals surface area contributed by atoms with Crippen LogP contribution in [0.4, 0.5) is 5.69 Å². The first-order valence-corrected chi connectivity index (χ1v) is 7.77. The van der Waals surface area contributed by atoms with Gasteiger partial charge in [0.25, 0.3) is 11.6 Å². The number of nitrogens with zero attached hydrogens (tertiary/aromatic N) is 1. The number of rotatable bonds is 6. The number of benzene rings is 1. The number of piperidine rings is 1. The molecule has 1 heterocycles. The van der Waals surface area contributed by atoms with Crippen molar-refractivity contribution in [1.29, 1.82) is 0 Å². The number of ether oxygens (including phenoxy) is 1. The highest BCUT2D eigenvalue weighted by atomic mass is 35.5. The third-order valence-corrected chi connectivity index (χ3v) is 4.37. The highest BCUT2D eigenvalue weighted by molar-refractivity contribution is 6.31. The fourth-order valence-corrected chi connectivity index (χ4v) is 3.01. The van der Waals surface area contributed by atoms with E-state index < -0.39 is 10.8 Å². The first kappa shape index (κ1) is 20.6. The number of carbonyl (C=O) groups excluding carboxylic acids is 1. The Balaban J connectivity index is 0.00000288. The number of nitrogens with one attached hydrogen (secondary N) is 2. The maximum Gasteiger partial charge on any atom is 0.283 e. The number of nitro groups is 1. The van der Waals surface area contributed by atoms with Crippen LogP contribution in [-0.4, -0.2) is 44.2 Å². The number of hydrogen-bond acceptors (Lipinski definition) is 5. The van der Waals surface area contributed by atoms with E-state index in [9.17, 15) is 14.9 Å². The van der Waals surface area contributed by atoms with E-state index in [4.69, 9.17) is 16.3 Å². The van der Waals surface area contributed by atoms with Crippen molar-refractivity contribution in [3.05, 3.63) is 38.9 Å². The average molecular weight is 378 g/mol. The average Bonchev–Trinajstić information content (AvgIpc) is 2.54. The van der Waals surface area contributed by atoms with Crippen LogP contribution in [-0.2, 0) is 4.74 Å². The molecule has 0 aliphatic carbocycles. The lowest BCUT2D eigenvalue weighted by atomic mass is 9.79. The summed E-state index contributed by atoms with van der Waals surface area (Å²) >= 11 is 5.77. The second kappa shape index (κ2) is 9.17. The van der Waals surface area contributed by atoms with Gasteiger partial charge in [-0.3, -0.25) is 14.9 Å². The van der Waals surface area contributed by atoms with Crippen LogP contribution in [0, 0.1) is 15.5 Å². The van der Waals surface area contributed by atoms with Gasteiger partial charge in [-0.2, -0.15) is 0 Å². The quantitative estimate of drug-likeness (QED) is 0.586. The SMILES string of the molecule is COCC1(CNC(=O)c2ccc(Cl)cc2[N+](=O)[O-])CCNCC1.Cl. The van der Waals surface area contributed by atoms with Gasteiger partial charge in [0.15, 0.2) is 0 Å². The minimum atomic E-state index is -0.601. The Labute approximate surface area is 151 Å². The third kappa shape index (κ3) is 5.04. The molecule has 1 amide bonds. The molecule has 0 spiro atoms. The molecule has 24 heavy (non-hydrogen) atoms. The standard InChI is InChI=1S/C15H20ClN3O4.ClH/c1-23-10-15(4-6-17-7-5-15)9-18-14(20)12-3-2-11(16)8-13(12)19(21)22;/h2-3,8,17H,4-7,9-10H2,1H3,(H,18,20);1H. The van der Waals surface area contributed by atoms with E-state index in [1.54, 1.807) is 7.11 Å². The molecule has 0 aromatic heterocycles. The van der Waals surface area contributed by atoms with Crippen LogP contribution in [0.1, 0.15) is 23.2 Å². The summed E-state index contributed by atoms with van der Waals surface area (Å²) in [5.41, 5.74) is -0.418. The minimum absolute atomic E-state index is 0. The summed E-state index contributed by atoms with van der Waals surface area (Å²) in [6.07, 6.45) is 1.76. The second-order valence-electron chi connectivity index (χ2n) is 5.78. The van der Waals surface area contributed by atoms with E-state index in [-0.39, 0.29) is 34.1 Å². The Morgan fingerprint density at radius 1 is 1.46 bits per heavy atom. The van der Waals surface area contributed by atoms with Crippen molar-refractivity contribution >= 4 is 35.6 Å². The summed E-state index contributed by atoms with van der Waals surface area (Å²) < 4.78 is 5.30. The Morgan fingerprint density at radius 3 is 2.71 bits per heavy atom. The molecule has 0 unspecified atom stereocenters. The summed E-state index contributed by atoms with van der Waals surface area (Å²) in [5.74, 6) is -0.470. The monoisotopic (exact) mass is 377 g/mol. The lowest BCUT2D eigenvalue weighted by Gasteiger charge is -2.37. The number of hydrogen-bond donors (Lipinski definition) is 2. The molecule has 134 valence electrons. The van der Waals surface area contributed by atoms with Gasteiger partial charge in [0.05, 0.1) is 11.5 Å². The number of halogens is 2. The van der Waals surface area contributed by atoms with Crippen LogP contribution in [0.25, 0.3) is 0 Å². The van der Waals surface area contributed by atoms with Crippen LogP contribution in [0.3, 0.4) is 0 Å². The number of methoxy groups -OCH3 is 1. The molecular weight excluding hydrogens is 357 g/mol. The predicted molar refractivity (Wildman–Crippen MR) is 94.1 cm³/mol. The molecule has 2 rings (SSSR count). The van der Waals surface area contributed by atoms with E-state index in [1.165, 1.54) is 18.2 Å². The molecule has 1 aromatic rings. The normalized spacial score (nSPS) is 16.1. The fraction of sp³-hybridized carbons (Fsp3) is 0.533. The molecule has 9 heteroatoms. The van der Waals surface area contributed by atoms with Gasteiger partial charge in [-0.05, 0) is 38.1 Å². The largest absolute Gasteiger partial charge is 0.384 e. The van der Waals surface area contributed by atoms with Crippen molar-refractivity contribution in [1.82, 2.24) is 10.6 Å². The maximum absolute atomic E-state index is 12.4. The molecule has 7 nitrogen and oxygen atoms in total. The number of amides is 1. The van der Waals surface area contributed by atoms with E-state index in [0.29, 0.717) is 13.2 Å². The van der Waals surface area contributed by atoms with Crippen LogP contribution >= 0.6 is 24.0 Å². The zero-order chi connectivity index (χ0) is 16.9. The summed E-state index contributed by atoms with van der Waals surface area (Å²) in [7, 11) is 1.63. The van der Waals surface area contributed by atoms with Crippen LogP contribution in [0.2, 0.25) is 5.02 Å². The molecule has 0 saturated carbocycles. The van der Waals surface area contributed by atoms with Crippen molar-refractivity contribution in [3.8, 4) is 0 Å². The fourth-order valence-electron chi connectivity index (χ4n) is 2.85. The Morgan fingerprint density at radius 2 is 2.12 bits per heavy atom. The highest BCUT2D eigenvalue weighted by Gasteiger charge is 2.33. The second-order valence-corrected chi connectivity index (χ2v) is 6.22. The van der Waals surface area contributed by atoms with Gasteiger partial charge in [-0.1, -0.05) is 11.6 Å². The zero-order valence-electron chi connectivity index (χ0n) is 13.3. The van der Waals surface area contributed by atoms with Crippen molar-refractivity contribution in [2.75, 3.05) is 33.4 Å². The summed E-state index contributed by atoms with van der Waals surface area (Å²) in [6, 6.07) is 4.03. The van der Waals surface area contributed by atoms with E-state index in [2.05, 4.69) is 10.6 Å². The number of carbonyl (C=O) groups is 1. The Bertz CT molecular complexity index is 587. The smallest absolute Gasteiger partial charge is 0.283 e. The Kier molecular flexibility index (Phi) is 7.89. The van der Waals surface area contributed by atoms with Gasteiger partial charge < -0.3 is 15.4 Å². The number of nitro benzene ring substituents is 1. The zero-order valence-corrected chi connectivity index (χ0v) is 14.9. The van der Waals surface area contributed by atoms with E-state index >= 15 is 0 Å². The molecular formula is C15H21Cl2N3O4. The molecule has 0 radical (unpaired) electrons. The summed E-state index contributed by atoms with van der Waals surface area (Å²) in [6.45, 7) is 2.68. The van der Waals surface area contributed by atoms with Gasteiger partial charge in [0.1, 0.15) is 5.56 Å². The van der Waals surface area contributed by atoms with E-state index in [1.807, 2.05) is 0 Å². The van der Waals surface area contributed by atoms with Gasteiger partial charge in [-0.25, -0.2) is 0 Å². The van der Waals surface area contributed by atoms with Gasteiger partial charge in [0.2, 0.25) is 0 Å². The maximum atomic E-state index is 12.4. The van der Waals surface area contributed by atoms with Gasteiger partial charge in [-0.15, -0.1) is 12.4 Å². The topological polar surface area (TPSA) is 93.5 Å². The summed E-state index contributed by atoms with van der Waals surface area (Å²) in [4.78, 5) is 22.8. The molecule has 1 aliphatic heterocycles. The predicted octanol–water partition coefficient (Wildman–Crippen LogP) is 2.42. The van der Waals surface area contributed by atoms with Crippen molar-refractivity contribution < 1.29 is 14.5 Å². The van der Waals surface area contributed by atoms with Crippen molar-refractivity contribution in [2.24, 2.45) is 5.41 Å². The van der Waals surface area contributed by atoms with Crippen LogP contribution in [0.5, 0.6) is 0 Å². The molecule has 1 aliphatic rings. The van der Waals surface area contributed by atoms with Crippen molar-refractivity contribution in [2.45, 2.75) is 12.8 Å². The molecule has 1 fully saturated rings. The minimum Gasteiger partial charge on any atom is -0.384 e. The third-order valence-electron chi connectivity index (χ3n) is 4.14. The van der Waals surface area contributed by atoms with Gasteiger partial charge in [0, 0.05) is 30.2 Å². The highest BCUT2D eigenvalue weighted by Crippen LogP contribution is 2.29. The van der Waals surface area contributed by atoms with Crippen LogP contribution in [0.15, 0.2) is 18.2 Å². The first-order chi connectivity index (χ1) is 11.0.